The maximum atomic E-state index is 14.0. The van der Waals surface area contributed by atoms with E-state index in [0.29, 0.717) is 22.7 Å². The molecule has 0 heterocycles. The van der Waals surface area contributed by atoms with Crippen LogP contribution in [-0.4, -0.2) is 47.0 Å². The van der Waals surface area contributed by atoms with Crippen molar-refractivity contribution in [3.05, 3.63) is 77.4 Å². The summed E-state index contributed by atoms with van der Waals surface area (Å²) in [4.78, 5) is 26.5. The van der Waals surface area contributed by atoms with Gasteiger partial charge < -0.3 is 20.1 Å². The summed E-state index contributed by atoms with van der Waals surface area (Å²) in [6, 6.07) is 16.5. The number of methoxy groups -OCH3 is 2. The molecule has 10 heteroatoms. The number of benzene rings is 3. The van der Waals surface area contributed by atoms with Crippen LogP contribution in [0.15, 0.2) is 65.6 Å². The number of ether oxygens (including phenoxy) is 2. The summed E-state index contributed by atoms with van der Waals surface area (Å²) in [5.41, 5.74) is 2.67. The topological polar surface area (TPSA) is 114 Å². The van der Waals surface area contributed by atoms with Gasteiger partial charge in [0.1, 0.15) is 6.54 Å². The molecular formula is C31H37N3O6S. The molecule has 1 fully saturated rings. The number of nitrogens with one attached hydrogen (secondary N) is 2. The summed E-state index contributed by atoms with van der Waals surface area (Å²) >= 11 is 0. The van der Waals surface area contributed by atoms with E-state index in [9.17, 15) is 18.0 Å². The highest BCUT2D eigenvalue weighted by Gasteiger charge is 2.29. The molecular weight excluding hydrogens is 542 g/mol. The zero-order valence-electron chi connectivity index (χ0n) is 23.9. The van der Waals surface area contributed by atoms with E-state index in [-0.39, 0.29) is 22.6 Å². The van der Waals surface area contributed by atoms with Crippen molar-refractivity contribution in [3.63, 3.8) is 0 Å². The second-order valence-electron chi connectivity index (χ2n) is 10.3. The van der Waals surface area contributed by atoms with Crippen molar-refractivity contribution < 1.29 is 27.5 Å². The lowest BCUT2D eigenvalue weighted by molar-refractivity contribution is -0.114. The molecule has 9 nitrogen and oxygen atoms in total. The van der Waals surface area contributed by atoms with Gasteiger partial charge in [-0.05, 0) is 74.2 Å². The van der Waals surface area contributed by atoms with E-state index in [4.69, 9.17) is 9.47 Å². The molecule has 0 bridgehead atoms. The smallest absolute Gasteiger partial charge is 0.264 e. The lowest BCUT2D eigenvalue weighted by atomic mass is 9.95. The van der Waals surface area contributed by atoms with Crippen molar-refractivity contribution in [2.45, 2.75) is 56.9 Å². The van der Waals surface area contributed by atoms with E-state index in [1.165, 1.54) is 38.8 Å². The van der Waals surface area contributed by atoms with Crippen molar-refractivity contribution >= 4 is 33.2 Å². The Kier molecular flexibility index (Phi) is 9.54. The van der Waals surface area contributed by atoms with Gasteiger partial charge in [0.25, 0.3) is 15.9 Å². The average Bonchev–Trinajstić information content (AvgIpc) is 2.95. The second-order valence-corrected chi connectivity index (χ2v) is 12.1. The number of aryl methyl sites for hydroxylation is 2. The van der Waals surface area contributed by atoms with Gasteiger partial charge in [-0.2, -0.15) is 0 Å². The quantitative estimate of drug-likeness (QED) is 0.341. The van der Waals surface area contributed by atoms with Crippen LogP contribution < -0.4 is 24.4 Å². The molecule has 1 aliphatic carbocycles. The lowest BCUT2D eigenvalue weighted by Gasteiger charge is -2.26. The van der Waals surface area contributed by atoms with Gasteiger partial charge in [-0.3, -0.25) is 13.9 Å². The summed E-state index contributed by atoms with van der Waals surface area (Å²) in [7, 11) is -1.33. The Bertz CT molecular complexity index is 1500. The van der Waals surface area contributed by atoms with Gasteiger partial charge in [-0.25, -0.2) is 8.42 Å². The fourth-order valence-corrected chi connectivity index (χ4v) is 6.55. The van der Waals surface area contributed by atoms with Crippen LogP contribution in [0.1, 0.15) is 53.6 Å². The molecule has 218 valence electrons. The first kappa shape index (κ1) is 29.9. The largest absolute Gasteiger partial charge is 0.493 e. The standard InChI is InChI=1S/C31H37N3O6S/c1-21-16-22(2)18-24(17-21)34(41(37,38)25-14-15-28(39-3)29(19-25)40-4)20-30(35)33-27-13-9-8-12-26(27)31(36)32-23-10-6-5-7-11-23/h8-9,12-19,23H,5-7,10-11,20H2,1-4H3,(H,32,36)(H,33,35). The number of anilines is 2. The number of para-hydroxylation sites is 1. The first-order valence-corrected chi connectivity index (χ1v) is 15.1. The Balaban J connectivity index is 1.64. The maximum Gasteiger partial charge on any atom is 0.264 e. The molecule has 3 aromatic rings. The average molecular weight is 580 g/mol. The molecule has 0 radical (unpaired) electrons. The number of sulfonamides is 1. The monoisotopic (exact) mass is 579 g/mol. The van der Waals surface area contributed by atoms with Gasteiger partial charge in [0.15, 0.2) is 11.5 Å². The van der Waals surface area contributed by atoms with Gasteiger partial charge >= 0.3 is 0 Å². The second kappa shape index (κ2) is 13.1. The SMILES string of the molecule is COc1ccc(S(=O)(=O)N(CC(=O)Nc2ccccc2C(=O)NC2CCCCC2)c2cc(C)cc(C)c2)cc1OC. The first-order chi connectivity index (χ1) is 19.6. The molecule has 1 saturated carbocycles. The molecule has 41 heavy (non-hydrogen) atoms. The maximum absolute atomic E-state index is 14.0. The highest BCUT2D eigenvalue weighted by atomic mass is 32.2. The van der Waals surface area contributed by atoms with Crippen molar-refractivity contribution in [1.82, 2.24) is 5.32 Å². The Labute approximate surface area is 241 Å². The molecule has 0 unspecified atom stereocenters. The molecule has 0 aliphatic heterocycles. The molecule has 0 atom stereocenters. The van der Waals surface area contributed by atoms with E-state index in [2.05, 4.69) is 10.6 Å². The molecule has 0 aromatic heterocycles. The minimum absolute atomic E-state index is 0.0608. The van der Waals surface area contributed by atoms with Gasteiger partial charge in [0, 0.05) is 12.1 Å². The lowest BCUT2D eigenvalue weighted by Crippen LogP contribution is -2.39. The summed E-state index contributed by atoms with van der Waals surface area (Å²) in [5, 5.41) is 5.85. The third kappa shape index (κ3) is 7.18. The third-order valence-electron chi connectivity index (χ3n) is 7.11. The summed E-state index contributed by atoms with van der Waals surface area (Å²) in [6.07, 6.45) is 5.18. The number of hydrogen-bond acceptors (Lipinski definition) is 6. The Morgan fingerprint density at radius 3 is 2.20 bits per heavy atom. The van der Waals surface area contributed by atoms with Crippen LogP contribution in [0, 0.1) is 13.8 Å². The van der Waals surface area contributed by atoms with Gasteiger partial charge in [0.05, 0.1) is 36.1 Å². The van der Waals surface area contributed by atoms with Gasteiger partial charge in [-0.15, -0.1) is 0 Å². The highest BCUT2D eigenvalue weighted by Crippen LogP contribution is 2.33. The first-order valence-electron chi connectivity index (χ1n) is 13.6. The predicted octanol–water partition coefficient (Wildman–Crippen LogP) is 5.22. The van der Waals surface area contributed by atoms with Crippen molar-refractivity contribution in [3.8, 4) is 11.5 Å². The van der Waals surface area contributed by atoms with Crippen LogP contribution in [0.4, 0.5) is 11.4 Å². The van der Waals surface area contributed by atoms with Crippen molar-refractivity contribution in [2.24, 2.45) is 0 Å². The predicted molar refractivity (Wildman–Crippen MR) is 159 cm³/mol. The summed E-state index contributed by atoms with van der Waals surface area (Å²) in [6.45, 7) is 3.20. The number of carbonyl (C=O) groups is 2. The molecule has 3 aromatic carbocycles. The van der Waals surface area contributed by atoms with E-state index in [0.717, 1.165) is 41.1 Å². The molecule has 2 N–H and O–H groups in total. The number of hydrogen-bond donors (Lipinski definition) is 2. The van der Waals surface area contributed by atoms with Crippen LogP contribution in [0.2, 0.25) is 0 Å². The minimum Gasteiger partial charge on any atom is -0.493 e. The zero-order valence-corrected chi connectivity index (χ0v) is 24.7. The van der Waals surface area contributed by atoms with Crippen molar-refractivity contribution in [1.29, 1.82) is 0 Å². The van der Waals surface area contributed by atoms with Crippen LogP contribution in [0.5, 0.6) is 11.5 Å². The normalized spacial score (nSPS) is 13.8. The Morgan fingerprint density at radius 2 is 1.54 bits per heavy atom. The fourth-order valence-electron chi connectivity index (χ4n) is 5.13. The Hall–Kier alpha value is -4.05. The van der Waals surface area contributed by atoms with E-state index in [1.54, 1.807) is 36.4 Å². The summed E-state index contributed by atoms with van der Waals surface area (Å²) < 4.78 is 39.6. The molecule has 0 spiro atoms. The van der Waals surface area contributed by atoms with E-state index < -0.39 is 22.5 Å². The van der Waals surface area contributed by atoms with E-state index >= 15 is 0 Å². The van der Waals surface area contributed by atoms with Crippen LogP contribution in [0.3, 0.4) is 0 Å². The number of nitrogens with zero attached hydrogens (tertiary/aromatic N) is 1. The summed E-state index contributed by atoms with van der Waals surface area (Å²) in [5.74, 6) is -0.232. The highest BCUT2D eigenvalue weighted by molar-refractivity contribution is 7.92. The number of carbonyl (C=O) groups excluding carboxylic acids is 2. The molecule has 2 amide bonds. The van der Waals surface area contributed by atoms with Gasteiger partial charge in [0.2, 0.25) is 5.91 Å². The van der Waals surface area contributed by atoms with Gasteiger partial charge in [-0.1, -0.05) is 37.5 Å². The third-order valence-corrected chi connectivity index (χ3v) is 8.88. The van der Waals surface area contributed by atoms with Crippen LogP contribution in [0.25, 0.3) is 0 Å². The zero-order chi connectivity index (χ0) is 29.6. The van der Waals surface area contributed by atoms with E-state index in [1.807, 2.05) is 19.9 Å². The fraction of sp³-hybridized carbons (Fsp3) is 0.355. The number of rotatable bonds is 10. The Morgan fingerprint density at radius 1 is 0.878 bits per heavy atom. The number of amides is 2. The minimum atomic E-state index is -4.22. The molecule has 4 rings (SSSR count). The van der Waals surface area contributed by atoms with Crippen LogP contribution >= 0.6 is 0 Å². The molecule has 1 aliphatic rings. The van der Waals surface area contributed by atoms with Crippen LogP contribution in [-0.2, 0) is 14.8 Å². The molecule has 0 saturated heterocycles. The van der Waals surface area contributed by atoms with Crippen molar-refractivity contribution in [2.75, 3.05) is 30.4 Å².